The van der Waals surface area contributed by atoms with Gasteiger partial charge in [-0.1, -0.05) is 42.5 Å². The maximum atomic E-state index is 12.3. The largest absolute Gasteiger partial charge is 0.443 e. The van der Waals surface area contributed by atoms with E-state index in [9.17, 15) is 13.2 Å². The number of benzene rings is 2. The molecular formula is C18H21NO5S. The Morgan fingerprint density at radius 2 is 1.88 bits per heavy atom. The third-order valence-corrected chi connectivity index (χ3v) is 5.20. The molecule has 0 N–H and O–H groups in total. The van der Waals surface area contributed by atoms with Gasteiger partial charge in [-0.2, -0.15) is 12.7 Å². The van der Waals surface area contributed by atoms with Gasteiger partial charge in [0.05, 0.1) is 12.6 Å². The van der Waals surface area contributed by atoms with Crippen LogP contribution in [0.1, 0.15) is 26.3 Å². The van der Waals surface area contributed by atoms with E-state index in [1.165, 1.54) is 0 Å². The number of nitrogens with zero attached hydrogens (tertiary/aromatic N) is 1. The summed E-state index contributed by atoms with van der Waals surface area (Å²) in [6, 6.07) is 13.2. The van der Waals surface area contributed by atoms with Crippen LogP contribution < -0.4 is 0 Å². The first kappa shape index (κ1) is 17.7. The molecule has 0 bridgehead atoms. The molecule has 6 nitrogen and oxygen atoms in total. The standard InChI is InChI=1S/C18H21NO5S/c1-18(2,3)24-17(20)19-16(12-23-25(19,21)22)11-13-8-9-14-6-4-5-7-15(14)10-13/h4-10,16H,11-12H2,1-3H3/t16-/m0/s1. The third kappa shape index (κ3) is 3.93. The molecule has 25 heavy (non-hydrogen) atoms. The van der Waals surface area contributed by atoms with E-state index < -0.39 is 28.0 Å². The summed E-state index contributed by atoms with van der Waals surface area (Å²) >= 11 is 0. The molecule has 7 heteroatoms. The summed E-state index contributed by atoms with van der Waals surface area (Å²) in [6.45, 7) is 4.99. The molecule has 0 aliphatic carbocycles. The van der Waals surface area contributed by atoms with Gasteiger partial charge in [0.1, 0.15) is 5.60 Å². The molecule has 2 aromatic carbocycles. The lowest BCUT2D eigenvalue weighted by Gasteiger charge is -2.26. The highest BCUT2D eigenvalue weighted by Gasteiger charge is 2.44. The molecule has 0 aromatic heterocycles. The van der Waals surface area contributed by atoms with Crippen molar-refractivity contribution in [1.29, 1.82) is 0 Å². The zero-order chi connectivity index (χ0) is 18.2. The van der Waals surface area contributed by atoms with Gasteiger partial charge in [0.2, 0.25) is 0 Å². The summed E-state index contributed by atoms with van der Waals surface area (Å²) in [5, 5.41) is 2.16. The lowest BCUT2D eigenvalue weighted by atomic mass is 10.0. The first-order valence-corrected chi connectivity index (χ1v) is 9.42. The Hall–Kier alpha value is -2.12. The predicted octanol–water partition coefficient (Wildman–Crippen LogP) is 3.26. The highest BCUT2D eigenvalue weighted by molar-refractivity contribution is 7.85. The van der Waals surface area contributed by atoms with Gasteiger partial charge in [-0.3, -0.25) is 4.18 Å². The van der Waals surface area contributed by atoms with Crippen molar-refractivity contribution in [3.8, 4) is 0 Å². The van der Waals surface area contributed by atoms with Crippen LogP contribution in [0.25, 0.3) is 10.8 Å². The Labute approximate surface area is 147 Å². The first-order valence-electron chi connectivity index (χ1n) is 8.05. The fourth-order valence-corrected chi connectivity index (χ4v) is 3.96. The van der Waals surface area contributed by atoms with Crippen LogP contribution in [0.2, 0.25) is 0 Å². The Morgan fingerprint density at radius 3 is 2.56 bits per heavy atom. The fraction of sp³-hybridized carbons (Fsp3) is 0.389. The van der Waals surface area contributed by atoms with Crippen LogP contribution in [0.4, 0.5) is 4.79 Å². The van der Waals surface area contributed by atoms with Crippen LogP contribution in [-0.2, 0) is 25.6 Å². The monoisotopic (exact) mass is 363 g/mol. The van der Waals surface area contributed by atoms with Crippen LogP contribution in [0.15, 0.2) is 42.5 Å². The second-order valence-electron chi connectivity index (χ2n) is 7.06. The molecule has 0 spiro atoms. The molecule has 0 radical (unpaired) electrons. The lowest BCUT2D eigenvalue weighted by Crippen LogP contribution is -2.43. The number of rotatable bonds is 2. The SMILES string of the molecule is CC(C)(C)OC(=O)N1[C@@H](Cc2ccc3ccccc3c2)COS1(=O)=O. The van der Waals surface area contributed by atoms with Crippen molar-refractivity contribution in [2.45, 2.75) is 38.8 Å². The van der Waals surface area contributed by atoms with Crippen molar-refractivity contribution in [1.82, 2.24) is 4.31 Å². The average Bonchev–Trinajstić information content (AvgIpc) is 2.80. The van der Waals surface area contributed by atoms with E-state index in [0.717, 1.165) is 16.3 Å². The van der Waals surface area contributed by atoms with Gasteiger partial charge in [0, 0.05) is 0 Å². The van der Waals surface area contributed by atoms with Crippen LogP contribution in [0.3, 0.4) is 0 Å². The number of carbonyl (C=O) groups excluding carboxylic acids is 1. The molecule has 1 amide bonds. The third-order valence-electron chi connectivity index (χ3n) is 3.84. The van der Waals surface area contributed by atoms with Crippen molar-refractivity contribution >= 4 is 27.2 Å². The first-order chi connectivity index (χ1) is 11.7. The number of fused-ring (bicyclic) bond motifs is 1. The van der Waals surface area contributed by atoms with Crippen molar-refractivity contribution in [3.05, 3.63) is 48.0 Å². The Morgan fingerprint density at radius 1 is 1.20 bits per heavy atom. The molecule has 1 heterocycles. The number of hydrogen-bond acceptors (Lipinski definition) is 5. The van der Waals surface area contributed by atoms with Crippen LogP contribution >= 0.6 is 0 Å². The predicted molar refractivity (Wildman–Crippen MR) is 94.4 cm³/mol. The fourth-order valence-electron chi connectivity index (χ4n) is 2.80. The van der Waals surface area contributed by atoms with E-state index in [0.29, 0.717) is 10.7 Å². The summed E-state index contributed by atoms with van der Waals surface area (Å²) in [5.74, 6) is 0. The topological polar surface area (TPSA) is 72.9 Å². The summed E-state index contributed by atoms with van der Waals surface area (Å²) in [5.41, 5.74) is 0.140. The second kappa shape index (κ2) is 6.31. The molecule has 1 aliphatic heterocycles. The Kier molecular flexibility index (Phi) is 4.47. The van der Waals surface area contributed by atoms with Gasteiger partial charge in [-0.05, 0) is 43.5 Å². The van der Waals surface area contributed by atoms with Gasteiger partial charge in [0.15, 0.2) is 0 Å². The van der Waals surface area contributed by atoms with Crippen LogP contribution in [-0.4, -0.2) is 37.1 Å². The van der Waals surface area contributed by atoms with Gasteiger partial charge >= 0.3 is 16.4 Å². The second-order valence-corrected chi connectivity index (χ2v) is 8.54. The van der Waals surface area contributed by atoms with Crippen LogP contribution in [0.5, 0.6) is 0 Å². The molecule has 1 fully saturated rings. The maximum absolute atomic E-state index is 12.3. The van der Waals surface area contributed by atoms with E-state index in [2.05, 4.69) is 0 Å². The van der Waals surface area contributed by atoms with Crippen molar-refractivity contribution in [2.24, 2.45) is 0 Å². The van der Waals surface area contributed by atoms with E-state index in [1.54, 1.807) is 20.8 Å². The Balaban J connectivity index is 1.85. The quantitative estimate of drug-likeness (QED) is 0.819. The number of ether oxygens (including phenoxy) is 1. The van der Waals surface area contributed by atoms with E-state index in [1.807, 2.05) is 42.5 Å². The van der Waals surface area contributed by atoms with Crippen molar-refractivity contribution in [2.75, 3.05) is 6.61 Å². The molecule has 1 aliphatic rings. The van der Waals surface area contributed by atoms with Gasteiger partial charge in [-0.25, -0.2) is 4.79 Å². The molecular weight excluding hydrogens is 342 g/mol. The summed E-state index contributed by atoms with van der Waals surface area (Å²) in [6.07, 6.45) is -0.542. The number of hydrogen-bond donors (Lipinski definition) is 0. The normalized spacial score (nSPS) is 20.0. The average molecular weight is 363 g/mol. The molecule has 2 aromatic rings. The molecule has 1 atom stereocenters. The summed E-state index contributed by atoms with van der Waals surface area (Å²) < 4.78 is 35.0. The van der Waals surface area contributed by atoms with Crippen molar-refractivity contribution in [3.63, 3.8) is 0 Å². The van der Waals surface area contributed by atoms with Gasteiger partial charge in [0.25, 0.3) is 0 Å². The molecule has 3 rings (SSSR count). The molecule has 134 valence electrons. The minimum absolute atomic E-state index is 0.0750. The number of amides is 1. The number of carbonyl (C=O) groups is 1. The highest BCUT2D eigenvalue weighted by atomic mass is 32.2. The van der Waals surface area contributed by atoms with Gasteiger partial charge in [-0.15, -0.1) is 0 Å². The van der Waals surface area contributed by atoms with Crippen LogP contribution in [0, 0.1) is 0 Å². The van der Waals surface area contributed by atoms with Crippen molar-refractivity contribution < 1.29 is 22.1 Å². The Bertz CT molecular complexity index is 901. The highest BCUT2D eigenvalue weighted by Crippen LogP contribution is 2.26. The minimum Gasteiger partial charge on any atom is -0.443 e. The van der Waals surface area contributed by atoms with E-state index in [4.69, 9.17) is 8.92 Å². The zero-order valence-electron chi connectivity index (χ0n) is 14.4. The lowest BCUT2D eigenvalue weighted by molar-refractivity contribution is 0.0357. The van der Waals surface area contributed by atoms with E-state index in [-0.39, 0.29) is 6.61 Å². The summed E-state index contributed by atoms with van der Waals surface area (Å²) in [4.78, 5) is 12.3. The van der Waals surface area contributed by atoms with E-state index >= 15 is 0 Å². The minimum atomic E-state index is -4.11. The molecule has 0 saturated carbocycles. The maximum Gasteiger partial charge on any atom is 0.426 e. The summed E-state index contributed by atoms with van der Waals surface area (Å²) in [7, 11) is -4.11. The molecule has 0 unspecified atom stereocenters. The van der Waals surface area contributed by atoms with Gasteiger partial charge < -0.3 is 4.74 Å². The zero-order valence-corrected chi connectivity index (χ0v) is 15.2. The molecule has 1 saturated heterocycles. The smallest absolute Gasteiger partial charge is 0.426 e.